The van der Waals surface area contributed by atoms with E-state index in [1.165, 1.54) is 0 Å². The fourth-order valence-corrected chi connectivity index (χ4v) is 3.44. The van der Waals surface area contributed by atoms with Gasteiger partial charge in [-0.05, 0) is 30.6 Å². The van der Waals surface area contributed by atoms with E-state index in [0.29, 0.717) is 12.3 Å². The van der Waals surface area contributed by atoms with Crippen LogP contribution in [0.4, 0.5) is 0 Å². The molecule has 0 unspecified atom stereocenters. The van der Waals surface area contributed by atoms with Crippen molar-refractivity contribution in [1.29, 1.82) is 0 Å². The summed E-state index contributed by atoms with van der Waals surface area (Å²) in [6.45, 7) is 8.47. The van der Waals surface area contributed by atoms with Crippen molar-refractivity contribution < 1.29 is 8.42 Å². The van der Waals surface area contributed by atoms with Gasteiger partial charge in [0.1, 0.15) is 0 Å². The summed E-state index contributed by atoms with van der Waals surface area (Å²) >= 11 is 0. The van der Waals surface area contributed by atoms with Gasteiger partial charge in [-0.2, -0.15) is 0 Å². The lowest BCUT2D eigenvalue weighted by atomic mass is 9.77. The van der Waals surface area contributed by atoms with Crippen molar-refractivity contribution in [3.8, 4) is 0 Å². The van der Waals surface area contributed by atoms with Crippen LogP contribution in [-0.4, -0.2) is 13.2 Å². The summed E-state index contributed by atoms with van der Waals surface area (Å²) in [7, 11) is 2.08. The van der Waals surface area contributed by atoms with Crippen LogP contribution in [0.3, 0.4) is 0 Å². The largest absolute Gasteiger partial charge is 0.238 e. The van der Waals surface area contributed by atoms with Crippen LogP contribution in [0.15, 0.2) is 0 Å². The summed E-state index contributed by atoms with van der Waals surface area (Å²) in [5.74, 6) is 0.471. The molecule has 1 saturated carbocycles. The van der Waals surface area contributed by atoms with Gasteiger partial charge >= 0.3 is 0 Å². The lowest BCUT2D eigenvalue weighted by Crippen LogP contribution is -2.30. The molecule has 14 heavy (non-hydrogen) atoms. The molecule has 1 aliphatic carbocycles. The van der Waals surface area contributed by atoms with Crippen LogP contribution in [0.1, 0.15) is 47.0 Å². The summed E-state index contributed by atoms with van der Waals surface area (Å²) in [4.78, 5) is 0. The molecule has 0 N–H and O–H groups in total. The Morgan fingerprint density at radius 2 is 1.79 bits per heavy atom. The molecule has 0 amide bonds. The molecule has 0 aromatic rings. The highest BCUT2D eigenvalue weighted by atomic mass is 35.7. The van der Waals surface area contributed by atoms with Crippen LogP contribution in [0, 0.1) is 11.3 Å². The Kier molecular flexibility index (Phi) is 2.97. The molecule has 0 saturated heterocycles. The Balaban J connectivity index is 2.80. The standard InChI is InChI=1S/C10H19ClO2S/c1-8(2)9(3,4)7-10(5-6-10)14(11,12)13/h8H,5-7H2,1-4H3. The summed E-state index contributed by atoms with van der Waals surface area (Å²) in [6.07, 6.45) is 2.15. The molecule has 1 aliphatic rings. The molecule has 0 aliphatic heterocycles. The van der Waals surface area contributed by atoms with Gasteiger partial charge in [0, 0.05) is 10.7 Å². The Labute approximate surface area is 91.5 Å². The molecule has 4 heteroatoms. The van der Waals surface area contributed by atoms with E-state index < -0.39 is 13.8 Å². The Bertz CT molecular complexity index is 313. The quantitative estimate of drug-likeness (QED) is 0.705. The maximum atomic E-state index is 11.4. The first-order chi connectivity index (χ1) is 6.11. The molecule has 84 valence electrons. The fourth-order valence-electron chi connectivity index (χ4n) is 1.68. The fraction of sp³-hybridized carbons (Fsp3) is 1.00. The van der Waals surface area contributed by atoms with Gasteiger partial charge in [0.25, 0.3) is 0 Å². The minimum Gasteiger partial charge on any atom is -0.212 e. The second kappa shape index (κ2) is 3.38. The minimum atomic E-state index is -3.39. The summed E-state index contributed by atoms with van der Waals surface area (Å²) < 4.78 is 22.2. The van der Waals surface area contributed by atoms with Crippen LogP contribution in [0.25, 0.3) is 0 Å². The Morgan fingerprint density at radius 1 is 1.36 bits per heavy atom. The van der Waals surface area contributed by atoms with E-state index in [-0.39, 0.29) is 5.41 Å². The van der Waals surface area contributed by atoms with Crippen molar-refractivity contribution in [3.63, 3.8) is 0 Å². The summed E-state index contributed by atoms with van der Waals surface area (Å²) in [5.41, 5.74) is 0.0401. The zero-order chi connectivity index (χ0) is 11.2. The lowest BCUT2D eigenvalue weighted by Gasteiger charge is -2.32. The van der Waals surface area contributed by atoms with Gasteiger partial charge in [-0.1, -0.05) is 27.7 Å². The predicted octanol–water partition coefficient (Wildman–Crippen LogP) is 3.16. The van der Waals surface area contributed by atoms with Crippen LogP contribution in [0.5, 0.6) is 0 Å². The van der Waals surface area contributed by atoms with Crippen LogP contribution in [-0.2, 0) is 9.05 Å². The number of hydrogen-bond acceptors (Lipinski definition) is 2. The molecule has 2 nitrogen and oxygen atoms in total. The van der Waals surface area contributed by atoms with E-state index in [1.807, 2.05) is 0 Å². The molecule has 0 bridgehead atoms. The van der Waals surface area contributed by atoms with Gasteiger partial charge in [0.2, 0.25) is 9.05 Å². The molecule has 0 atom stereocenters. The molecule has 0 spiro atoms. The summed E-state index contributed by atoms with van der Waals surface area (Å²) in [5, 5.41) is 0. The highest BCUT2D eigenvalue weighted by molar-refractivity contribution is 8.15. The smallest absolute Gasteiger partial charge is 0.212 e. The molecule has 0 aromatic carbocycles. The first-order valence-corrected chi connectivity index (χ1v) is 7.36. The minimum absolute atomic E-state index is 0.0401. The van der Waals surface area contributed by atoms with Crippen molar-refractivity contribution in [3.05, 3.63) is 0 Å². The van der Waals surface area contributed by atoms with Crippen LogP contribution < -0.4 is 0 Å². The third kappa shape index (κ3) is 2.25. The van der Waals surface area contributed by atoms with E-state index >= 15 is 0 Å². The van der Waals surface area contributed by atoms with Gasteiger partial charge in [-0.25, -0.2) is 8.42 Å². The zero-order valence-electron chi connectivity index (χ0n) is 9.30. The van der Waals surface area contributed by atoms with Gasteiger partial charge in [-0.3, -0.25) is 0 Å². The van der Waals surface area contributed by atoms with Crippen molar-refractivity contribution in [2.24, 2.45) is 11.3 Å². The SMILES string of the molecule is CC(C)C(C)(C)CC1(S(=O)(=O)Cl)CC1. The molecule has 0 radical (unpaired) electrons. The van der Waals surface area contributed by atoms with E-state index in [4.69, 9.17) is 10.7 Å². The average molecular weight is 239 g/mol. The molecule has 0 aromatic heterocycles. The monoisotopic (exact) mass is 238 g/mol. The molecule has 1 fully saturated rings. The maximum Gasteiger partial charge on any atom is 0.238 e. The average Bonchev–Trinajstić information content (AvgIpc) is 2.65. The van der Waals surface area contributed by atoms with Gasteiger partial charge in [0.15, 0.2) is 0 Å². The van der Waals surface area contributed by atoms with Crippen LogP contribution >= 0.6 is 10.7 Å². The normalized spacial score (nSPS) is 21.3. The van der Waals surface area contributed by atoms with Gasteiger partial charge < -0.3 is 0 Å². The lowest BCUT2D eigenvalue weighted by molar-refractivity contribution is 0.221. The first kappa shape index (κ1) is 12.3. The van der Waals surface area contributed by atoms with Crippen molar-refractivity contribution in [1.82, 2.24) is 0 Å². The van der Waals surface area contributed by atoms with Crippen molar-refractivity contribution >= 4 is 19.7 Å². The highest BCUT2D eigenvalue weighted by Gasteiger charge is 2.56. The second-order valence-corrected chi connectivity index (χ2v) is 8.40. The van der Waals surface area contributed by atoms with E-state index in [0.717, 1.165) is 12.8 Å². The number of halogens is 1. The van der Waals surface area contributed by atoms with E-state index in [9.17, 15) is 8.42 Å². The third-order valence-corrected chi connectivity index (χ3v) is 6.23. The van der Waals surface area contributed by atoms with E-state index in [1.54, 1.807) is 0 Å². The van der Waals surface area contributed by atoms with Crippen LogP contribution in [0.2, 0.25) is 0 Å². The third-order valence-electron chi connectivity index (χ3n) is 3.67. The summed E-state index contributed by atoms with van der Waals surface area (Å²) in [6, 6.07) is 0. The molecule has 1 rings (SSSR count). The predicted molar refractivity (Wildman–Crippen MR) is 60.0 cm³/mol. The van der Waals surface area contributed by atoms with Gasteiger partial charge in [-0.15, -0.1) is 0 Å². The maximum absolute atomic E-state index is 11.4. The van der Waals surface area contributed by atoms with Crippen molar-refractivity contribution in [2.75, 3.05) is 0 Å². The Morgan fingerprint density at radius 3 is 2.00 bits per heavy atom. The topological polar surface area (TPSA) is 34.1 Å². The molecular weight excluding hydrogens is 220 g/mol. The van der Waals surface area contributed by atoms with Gasteiger partial charge in [0.05, 0.1) is 4.75 Å². The number of rotatable bonds is 4. The highest BCUT2D eigenvalue weighted by Crippen LogP contribution is 2.54. The molecule has 0 heterocycles. The van der Waals surface area contributed by atoms with E-state index in [2.05, 4.69) is 27.7 Å². The molecular formula is C10H19ClO2S. The second-order valence-electron chi connectivity index (χ2n) is 5.44. The zero-order valence-corrected chi connectivity index (χ0v) is 10.9. The number of hydrogen-bond donors (Lipinski definition) is 0. The first-order valence-electron chi connectivity index (χ1n) is 5.05. The van der Waals surface area contributed by atoms with Crippen molar-refractivity contribution in [2.45, 2.75) is 51.7 Å². The Hall–Kier alpha value is 0.240.